The summed E-state index contributed by atoms with van der Waals surface area (Å²) in [5, 5.41) is 2.40. The van der Waals surface area contributed by atoms with E-state index in [1.165, 1.54) is 33.3 Å². The van der Waals surface area contributed by atoms with Crippen LogP contribution in [0.25, 0.3) is 11.2 Å². The lowest BCUT2D eigenvalue weighted by Crippen LogP contribution is -2.34. The molecule has 198 valence electrons. The number of esters is 1. The summed E-state index contributed by atoms with van der Waals surface area (Å²) in [7, 11) is -1.49. The molecule has 3 aromatic rings. The lowest BCUT2D eigenvalue weighted by atomic mass is 10.1. The van der Waals surface area contributed by atoms with Crippen molar-refractivity contribution in [1.82, 2.24) is 24.6 Å². The summed E-state index contributed by atoms with van der Waals surface area (Å²) >= 11 is 5.72. The SMILES string of the molecule is COC(=O)[C@H](C)NP(=O)(OC[C@@H]1C=C[C@H](n2cnc3c(OC)nc(N)nc32)C1)Oc1ccc(Cl)c(F)c1. The van der Waals surface area contributed by atoms with Crippen molar-refractivity contribution in [1.29, 1.82) is 0 Å². The zero-order valence-corrected chi connectivity index (χ0v) is 21.8. The summed E-state index contributed by atoms with van der Waals surface area (Å²) in [5.74, 6) is -1.40. The minimum absolute atomic E-state index is 0.0334. The smallest absolute Gasteiger partial charge is 0.459 e. The Hall–Kier alpha value is -3.25. The minimum atomic E-state index is -4.16. The first kappa shape index (κ1) is 26.8. The first-order valence-electron chi connectivity index (χ1n) is 11.1. The van der Waals surface area contributed by atoms with E-state index >= 15 is 0 Å². The van der Waals surface area contributed by atoms with Gasteiger partial charge in [-0.3, -0.25) is 9.32 Å². The summed E-state index contributed by atoms with van der Waals surface area (Å²) in [6.45, 7) is 1.40. The molecule has 4 atom stereocenters. The van der Waals surface area contributed by atoms with Crippen molar-refractivity contribution in [2.75, 3.05) is 26.6 Å². The molecule has 0 fully saturated rings. The number of imidazole rings is 1. The van der Waals surface area contributed by atoms with Gasteiger partial charge in [0.05, 0.1) is 38.2 Å². The van der Waals surface area contributed by atoms with Crippen LogP contribution in [0, 0.1) is 11.7 Å². The maximum absolute atomic E-state index is 13.9. The average molecular weight is 555 g/mol. The number of nitrogens with zero attached hydrogens (tertiary/aromatic N) is 4. The van der Waals surface area contributed by atoms with Gasteiger partial charge in [0.25, 0.3) is 0 Å². The van der Waals surface area contributed by atoms with Gasteiger partial charge in [0.15, 0.2) is 11.2 Å². The highest BCUT2D eigenvalue weighted by atomic mass is 35.5. The molecule has 1 aromatic carbocycles. The molecule has 12 nitrogen and oxygen atoms in total. The lowest BCUT2D eigenvalue weighted by molar-refractivity contribution is -0.142. The standard InChI is InChI=1S/C22H25ClFN6O6P/c1-12(21(31)34-3)29-37(32,36-15-6-7-16(23)17(24)9-15)35-10-13-4-5-14(8-13)30-11-26-18-19(30)27-22(25)28-20(18)33-2/h4-7,9,11-14H,8,10H2,1-3H3,(H,29,32)(H2,25,27,28)/t12-,13+,14-,37?/m0/s1. The number of halogens is 2. The van der Waals surface area contributed by atoms with Gasteiger partial charge >= 0.3 is 13.7 Å². The predicted octanol–water partition coefficient (Wildman–Crippen LogP) is 3.68. The van der Waals surface area contributed by atoms with Crippen LogP contribution >= 0.6 is 19.3 Å². The van der Waals surface area contributed by atoms with Gasteiger partial charge in [-0.15, -0.1) is 0 Å². The number of benzene rings is 1. The van der Waals surface area contributed by atoms with Gasteiger partial charge < -0.3 is 24.3 Å². The van der Waals surface area contributed by atoms with E-state index in [0.717, 1.165) is 6.07 Å². The number of nitrogen functional groups attached to an aromatic ring is 1. The van der Waals surface area contributed by atoms with Crippen LogP contribution in [0.2, 0.25) is 5.02 Å². The van der Waals surface area contributed by atoms with Crippen molar-refractivity contribution in [2.45, 2.75) is 25.4 Å². The molecular formula is C22H25ClFN6O6P. The number of methoxy groups -OCH3 is 2. The van der Waals surface area contributed by atoms with Crippen LogP contribution in [-0.4, -0.2) is 52.4 Å². The van der Waals surface area contributed by atoms with E-state index < -0.39 is 25.6 Å². The minimum Gasteiger partial charge on any atom is -0.479 e. The molecule has 3 N–H and O–H groups in total. The van der Waals surface area contributed by atoms with E-state index in [1.807, 2.05) is 16.7 Å². The van der Waals surface area contributed by atoms with Gasteiger partial charge in [0.2, 0.25) is 11.8 Å². The highest BCUT2D eigenvalue weighted by molar-refractivity contribution is 7.52. The molecule has 37 heavy (non-hydrogen) atoms. The first-order chi connectivity index (χ1) is 17.6. The van der Waals surface area contributed by atoms with E-state index in [-0.39, 0.29) is 41.2 Å². The molecule has 0 saturated heterocycles. The van der Waals surface area contributed by atoms with Gasteiger partial charge in [0, 0.05) is 12.0 Å². The Kier molecular flexibility index (Phi) is 7.98. The van der Waals surface area contributed by atoms with Gasteiger partial charge in [-0.05, 0) is 25.5 Å². The summed E-state index contributed by atoms with van der Waals surface area (Å²) in [6.07, 6.45) is 6.00. The number of aromatic nitrogens is 4. The number of carbonyl (C=O) groups is 1. The maximum Gasteiger partial charge on any atom is 0.459 e. The van der Waals surface area contributed by atoms with Crippen molar-refractivity contribution >= 4 is 42.4 Å². The fourth-order valence-corrected chi connectivity index (χ4v) is 5.45. The Balaban J connectivity index is 1.48. The molecule has 1 aliphatic carbocycles. The molecule has 2 aromatic heterocycles. The van der Waals surface area contributed by atoms with Gasteiger partial charge in [-0.25, -0.2) is 13.9 Å². The summed E-state index contributed by atoms with van der Waals surface area (Å²) in [6, 6.07) is 2.39. The Morgan fingerprint density at radius 2 is 2.14 bits per heavy atom. The van der Waals surface area contributed by atoms with Crippen molar-refractivity contribution in [2.24, 2.45) is 5.92 Å². The van der Waals surface area contributed by atoms with Crippen molar-refractivity contribution in [3.05, 3.63) is 47.5 Å². The maximum atomic E-state index is 13.9. The monoisotopic (exact) mass is 554 g/mol. The number of allylic oxidation sites excluding steroid dienone is 1. The number of ether oxygens (including phenoxy) is 2. The zero-order chi connectivity index (χ0) is 26.7. The Labute approximate surface area is 216 Å². The third-order valence-electron chi connectivity index (χ3n) is 5.59. The topological polar surface area (TPSA) is 153 Å². The number of anilines is 1. The molecule has 0 saturated carbocycles. The van der Waals surface area contributed by atoms with Crippen LogP contribution in [0.3, 0.4) is 0 Å². The fraction of sp³-hybridized carbons (Fsp3) is 0.364. The molecule has 15 heteroatoms. The molecule has 0 bridgehead atoms. The Bertz CT molecular complexity index is 1390. The van der Waals surface area contributed by atoms with Crippen molar-refractivity contribution in [3.63, 3.8) is 0 Å². The normalized spacial score (nSPS) is 19.5. The molecule has 0 radical (unpaired) electrons. The van der Waals surface area contributed by atoms with Gasteiger partial charge in [0.1, 0.15) is 17.6 Å². The number of hydrogen-bond acceptors (Lipinski definition) is 10. The number of fused-ring (bicyclic) bond motifs is 1. The predicted molar refractivity (Wildman–Crippen MR) is 133 cm³/mol. The molecule has 1 aliphatic rings. The van der Waals surface area contributed by atoms with E-state index in [0.29, 0.717) is 17.6 Å². The molecule has 0 amide bonds. The van der Waals surface area contributed by atoms with Crippen LogP contribution in [0.4, 0.5) is 10.3 Å². The fourth-order valence-electron chi connectivity index (χ4n) is 3.80. The second-order valence-corrected chi connectivity index (χ2v) is 10.3. The number of nitrogens with one attached hydrogen (secondary N) is 1. The van der Waals surface area contributed by atoms with E-state index in [9.17, 15) is 13.8 Å². The second kappa shape index (κ2) is 11.0. The molecule has 4 rings (SSSR count). The van der Waals surface area contributed by atoms with Crippen LogP contribution in [-0.2, 0) is 18.6 Å². The van der Waals surface area contributed by atoms with E-state index in [1.54, 1.807) is 6.33 Å². The second-order valence-electron chi connectivity index (χ2n) is 8.20. The van der Waals surface area contributed by atoms with Crippen LogP contribution in [0.5, 0.6) is 11.6 Å². The zero-order valence-electron chi connectivity index (χ0n) is 20.1. The highest BCUT2D eigenvalue weighted by Gasteiger charge is 2.34. The van der Waals surface area contributed by atoms with Crippen molar-refractivity contribution < 1.29 is 32.3 Å². The lowest BCUT2D eigenvalue weighted by Gasteiger charge is -2.24. The summed E-state index contributed by atoms with van der Waals surface area (Å²) in [5.41, 5.74) is 6.78. The Morgan fingerprint density at radius 3 is 2.84 bits per heavy atom. The van der Waals surface area contributed by atoms with E-state index in [4.69, 9.17) is 31.1 Å². The quantitative estimate of drug-likeness (QED) is 0.214. The first-order valence-corrected chi connectivity index (χ1v) is 13.0. The average Bonchev–Trinajstić information content (AvgIpc) is 3.51. The largest absolute Gasteiger partial charge is 0.479 e. The van der Waals surface area contributed by atoms with Gasteiger partial charge in [-0.1, -0.05) is 23.8 Å². The molecule has 2 heterocycles. The number of hydrogen-bond donors (Lipinski definition) is 2. The van der Waals surface area contributed by atoms with Crippen LogP contribution < -0.4 is 20.1 Å². The molecular weight excluding hydrogens is 530 g/mol. The van der Waals surface area contributed by atoms with Crippen molar-refractivity contribution in [3.8, 4) is 11.6 Å². The summed E-state index contributed by atoms with van der Waals surface area (Å²) < 4.78 is 50.4. The third kappa shape index (κ3) is 6.02. The molecule has 0 spiro atoms. The molecule has 0 aliphatic heterocycles. The number of carbonyl (C=O) groups excluding carboxylic acids is 1. The Morgan fingerprint density at radius 1 is 1.35 bits per heavy atom. The van der Waals surface area contributed by atoms with Crippen LogP contribution in [0.1, 0.15) is 19.4 Å². The summed E-state index contributed by atoms with van der Waals surface area (Å²) in [4.78, 5) is 24.6. The highest BCUT2D eigenvalue weighted by Crippen LogP contribution is 2.46. The third-order valence-corrected chi connectivity index (χ3v) is 7.54. The number of rotatable bonds is 10. The number of nitrogens with two attached hydrogens (primary N) is 1. The van der Waals surface area contributed by atoms with Gasteiger partial charge in [-0.2, -0.15) is 15.1 Å². The molecule has 1 unspecified atom stereocenters. The van der Waals surface area contributed by atoms with E-state index in [2.05, 4.69) is 24.8 Å². The van der Waals surface area contributed by atoms with Crippen LogP contribution in [0.15, 0.2) is 36.7 Å².